The number of hydrogen-bond acceptors (Lipinski definition) is 8. The molecule has 0 aromatic rings. The standard InChI is InChI=1S/C45H76NO8P/c1-5-7-9-11-13-15-17-19-21-22-24-25-27-29-31-33-35-37-44(47)51-41-43(42-53-55(49,50)52-40-39-46(3)4)54-45(48)38-36-34-32-30-28-26-23-20-18-16-14-12-10-8-6-2/h7,9,13-16,19-21,23-25,28,30,43H,5-6,8,10-12,17-18,22,26-27,29,31-42H2,1-4H3,(H,49,50)/b9-7-,15-13-,16-14-,21-19-,23-20-,25-24-,30-28-. The Kier molecular flexibility index (Phi) is 37.4. The third-order valence-electron chi connectivity index (χ3n) is 8.19. The molecule has 2 atom stereocenters. The molecule has 0 radical (unpaired) electrons. The first kappa shape index (κ1) is 52.2. The Balaban J connectivity index is 4.45. The number of carbonyl (C=O) groups is 2. The van der Waals surface area contributed by atoms with Gasteiger partial charge in [0.1, 0.15) is 6.61 Å². The number of allylic oxidation sites excluding steroid dienone is 14. The highest BCUT2D eigenvalue weighted by Crippen LogP contribution is 2.43. The monoisotopic (exact) mass is 790 g/mol. The second-order valence-corrected chi connectivity index (χ2v) is 15.2. The van der Waals surface area contributed by atoms with Gasteiger partial charge < -0.3 is 19.3 Å². The van der Waals surface area contributed by atoms with Gasteiger partial charge in [-0.1, -0.05) is 125 Å². The molecular weight excluding hydrogens is 713 g/mol. The maximum absolute atomic E-state index is 12.6. The molecule has 0 aromatic heterocycles. The number of nitrogens with zero attached hydrogens (tertiary/aromatic N) is 1. The first-order valence-corrected chi connectivity index (χ1v) is 22.4. The van der Waals surface area contributed by atoms with Crippen molar-refractivity contribution in [2.75, 3.05) is 40.5 Å². The summed E-state index contributed by atoms with van der Waals surface area (Å²) in [5.74, 6) is -0.885. The van der Waals surface area contributed by atoms with Gasteiger partial charge in [0.05, 0.1) is 13.2 Å². The third kappa shape index (κ3) is 40.7. The highest BCUT2D eigenvalue weighted by Gasteiger charge is 2.26. The van der Waals surface area contributed by atoms with Gasteiger partial charge in [0.2, 0.25) is 0 Å². The molecule has 1 N–H and O–H groups in total. The van der Waals surface area contributed by atoms with Crippen molar-refractivity contribution in [2.24, 2.45) is 0 Å². The van der Waals surface area contributed by atoms with Crippen LogP contribution in [0.3, 0.4) is 0 Å². The molecule has 10 heteroatoms. The minimum Gasteiger partial charge on any atom is -0.462 e. The number of carbonyl (C=O) groups excluding carboxylic acids is 2. The van der Waals surface area contributed by atoms with Gasteiger partial charge in [0, 0.05) is 19.4 Å². The van der Waals surface area contributed by atoms with E-state index in [4.69, 9.17) is 18.5 Å². The van der Waals surface area contributed by atoms with Crippen molar-refractivity contribution < 1.29 is 37.6 Å². The van der Waals surface area contributed by atoms with E-state index in [1.54, 1.807) is 4.90 Å². The molecule has 0 spiro atoms. The number of phosphoric acid groups is 1. The van der Waals surface area contributed by atoms with E-state index >= 15 is 0 Å². The molecule has 0 amide bonds. The molecular formula is C45H76NO8P. The summed E-state index contributed by atoms with van der Waals surface area (Å²) in [6, 6.07) is 0. The van der Waals surface area contributed by atoms with Crippen LogP contribution in [-0.2, 0) is 32.7 Å². The lowest BCUT2D eigenvalue weighted by molar-refractivity contribution is -0.161. The van der Waals surface area contributed by atoms with Crippen LogP contribution in [0.2, 0.25) is 0 Å². The normalized spacial score (nSPS) is 14.3. The van der Waals surface area contributed by atoms with Gasteiger partial charge in [-0.25, -0.2) is 4.57 Å². The zero-order chi connectivity index (χ0) is 40.5. The first-order chi connectivity index (χ1) is 26.7. The number of likely N-dealkylation sites (N-methyl/N-ethyl adjacent to an activating group) is 1. The van der Waals surface area contributed by atoms with Crippen LogP contribution in [0.4, 0.5) is 0 Å². The van der Waals surface area contributed by atoms with Crippen molar-refractivity contribution in [2.45, 2.75) is 148 Å². The Morgan fingerprint density at radius 3 is 1.56 bits per heavy atom. The minimum atomic E-state index is -4.38. The Hall–Kier alpha value is -2.81. The summed E-state index contributed by atoms with van der Waals surface area (Å²) in [4.78, 5) is 37.0. The zero-order valence-electron chi connectivity index (χ0n) is 34.8. The Bertz CT molecular complexity index is 1190. The van der Waals surface area contributed by atoms with E-state index in [0.717, 1.165) is 83.5 Å². The topological polar surface area (TPSA) is 112 Å². The van der Waals surface area contributed by atoms with Crippen molar-refractivity contribution in [1.82, 2.24) is 4.90 Å². The second kappa shape index (κ2) is 39.4. The molecule has 9 nitrogen and oxygen atoms in total. The van der Waals surface area contributed by atoms with E-state index in [1.807, 2.05) is 14.1 Å². The summed E-state index contributed by atoms with van der Waals surface area (Å²) >= 11 is 0. The average Bonchev–Trinajstić information content (AvgIpc) is 3.15. The number of ether oxygens (including phenoxy) is 2. The summed E-state index contributed by atoms with van der Waals surface area (Å²) in [7, 11) is -0.755. The fourth-order valence-electron chi connectivity index (χ4n) is 4.98. The summed E-state index contributed by atoms with van der Waals surface area (Å²) < 4.78 is 33.4. The van der Waals surface area contributed by atoms with Crippen LogP contribution in [0.15, 0.2) is 85.1 Å². The summed E-state index contributed by atoms with van der Waals surface area (Å²) in [5, 5.41) is 0. The highest BCUT2D eigenvalue weighted by molar-refractivity contribution is 7.47. The maximum Gasteiger partial charge on any atom is 0.472 e. The van der Waals surface area contributed by atoms with Gasteiger partial charge in [-0.15, -0.1) is 0 Å². The SMILES string of the molecule is CC/C=C\C/C=C\C/C=C\C/C=C\CCCCCCC(=O)OCC(COP(=O)(O)OCCN(C)C)OC(=O)CCCC/C=C\C/C=C\C/C=C\CCCCC. The van der Waals surface area contributed by atoms with E-state index in [2.05, 4.69) is 98.9 Å². The molecule has 0 aliphatic rings. The van der Waals surface area contributed by atoms with Crippen LogP contribution in [0.1, 0.15) is 142 Å². The van der Waals surface area contributed by atoms with E-state index in [9.17, 15) is 19.0 Å². The van der Waals surface area contributed by atoms with Crippen molar-refractivity contribution in [3.63, 3.8) is 0 Å². The quantitative estimate of drug-likeness (QED) is 0.0284. The predicted molar refractivity (Wildman–Crippen MR) is 229 cm³/mol. The molecule has 0 aliphatic heterocycles. The number of phosphoric ester groups is 1. The van der Waals surface area contributed by atoms with E-state index in [0.29, 0.717) is 19.4 Å². The summed E-state index contributed by atoms with van der Waals surface area (Å²) in [6.45, 7) is 4.08. The van der Waals surface area contributed by atoms with Crippen LogP contribution in [0.5, 0.6) is 0 Å². The predicted octanol–water partition coefficient (Wildman–Crippen LogP) is 11.9. The van der Waals surface area contributed by atoms with Gasteiger partial charge in [-0.2, -0.15) is 0 Å². The van der Waals surface area contributed by atoms with Crippen LogP contribution in [0, 0.1) is 0 Å². The Morgan fingerprint density at radius 1 is 0.582 bits per heavy atom. The Labute approximate surface area is 335 Å². The van der Waals surface area contributed by atoms with E-state index < -0.39 is 32.5 Å². The van der Waals surface area contributed by atoms with Crippen LogP contribution >= 0.6 is 7.82 Å². The van der Waals surface area contributed by atoms with Gasteiger partial charge in [-0.3, -0.25) is 18.6 Å². The highest BCUT2D eigenvalue weighted by atomic mass is 31.2. The maximum atomic E-state index is 12.6. The van der Waals surface area contributed by atoms with Crippen molar-refractivity contribution in [3.8, 4) is 0 Å². The molecule has 2 unspecified atom stereocenters. The van der Waals surface area contributed by atoms with Crippen LogP contribution in [0.25, 0.3) is 0 Å². The molecule has 0 rings (SSSR count). The van der Waals surface area contributed by atoms with Gasteiger partial charge >= 0.3 is 19.8 Å². The number of rotatable bonds is 37. The number of hydrogen-bond donors (Lipinski definition) is 1. The lowest BCUT2D eigenvalue weighted by Gasteiger charge is -2.20. The van der Waals surface area contributed by atoms with Gasteiger partial charge in [0.15, 0.2) is 6.10 Å². The molecule has 0 aliphatic carbocycles. The zero-order valence-corrected chi connectivity index (χ0v) is 35.7. The molecule has 0 saturated carbocycles. The van der Waals surface area contributed by atoms with Gasteiger partial charge in [0.25, 0.3) is 0 Å². The number of unbranched alkanes of at least 4 members (excludes halogenated alkanes) is 9. The average molecular weight is 790 g/mol. The lowest BCUT2D eigenvalue weighted by Crippen LogP contribution is -2.29. The molecule has 0 bridgehead atoms. The lowest BCUT2D eigenvalue weighted by atomic mass is 10.1. The Morgan fingerprint density at radius 2 is 1.04 bits per heavy atom. The molecule has 0 aromatic carbocycles. The molecule has 314 valence electrons. The largest absolute Gasteiger partial charge is 0.472 e. The summed E-state index contributed by atoms with van der Waals surface area (Å²) in [5.41, 5.74) is 0. The fraction of sp³-hybridized carbons (Fsp3) is 0.644. The molecule has 0 saturated heterocycles. The van der Waals surface area contributed by atoms with Crippen molar-refractivity contribution >= 4 is 19.8 Å². The molecule has 0 heterocycles. The fourth-order valence-corrected chi connectivity index (χ4v) is 5.72. The van der Waals surface area contributed by atoms with Crippen molar-refractivity contribution in [1.29, 1.82) is 0 Å². The summed E-state index contributed by atoms with van der Waals surface area (Å²) in [6.07, 6.45) is 47.7. The van der Waals surface area contributed by atoms with Crippen LogP contribution in [-0.4, -0.2) is 68.3 Å². The third-order valence-corrected chi connectivity index (χ3v) is 9.17. The second-order valence-electron chi connectivity index (χ2n) is 13.8. The smallest absolute Gasteiger partial charge is 0.462 e. The van der Waals surface area contributed by atoms with Crippen LogP contribution < -0.4 is 0 Å². The number of esters is 2. The molecule has 55 heavy (non-hydrogen) atoms. The first-order valence-electron chi connectivity index (χ1n) is 20.9. The van der Waals surface area contributed by atoms with E-state index in [-0.39, 0.29) is 26.1 Å². The van der Waals surface area contributed by atoms with Gasteiger partial charge in [-0.05, 0) is 104 Å². The minimum absolute atomic E-state index is 0.00900. The van der Waals surface area contributed by atoms with E-state index in [1.165, 1.54) is 19.3 Å². The molecule has 0 fully saturated rings. The van der Waals surface area contributed by atoms with Crippen molar-refractivity contribution in [3.05, 3.63) is 85.1 Å².